The van der Waals surface area contributed by atoms with E-state index in [0.29, 0.717) is 0 Å². The van der Waals surface area contributed by atoms with E-state index in [1.54, 1.807) is 11.3 Å². The summed E-state index contributed by atoms with van der Waals surface area (Å²) in [7, 11) is 2.19. The number of fused-ring (bicyclic) bond motifs is 3. The van der Waals surface area contributed by atoms with Gasteiger partial charge < -0.3 is 4.57 Å². The first-order valence-electron chi connectivity index (χ1n) is 5.32. The van der Waals surface area contributed by atoms with Crippen molar-refractivity contribution in [1.82, 2.24) is 4.57 Å². The van der Waals surface area contributed by atoms with Gasteiger partial charge in [0.1, 0.15) is 0 Å². The van der Waals surface area contributed by atoms with Crippen LogP contribution in [-0.2, 0) is 19.9 Å². The van der Waals surface area contributed by atoms with Crippen LogP contribution in [0.2, 0.25) is 0 Å². The van der Waals surface area contributed by atoms with Crippen LogP contribution < -0.4 is 0 Å². The van der Waals surface area contributed by atoms with E-state index in [-0.39, 0.29) is 0 Å². The molecule has 0 saturated heterocycles. The van der Waals surface area contributed by atoms with Gasteiger partial charge in [-0.05, 0) is 30.4 Å². The minimum absolute atomic E-state index is 0.829. The molecule has 0 saturated carbocycles. The van der Waals surface area contributed by atoms with Crippen molar-refractivity contribution in [2.75, 3.05) is 0 Å². The number of hydrogen-bond donors (Lipinski definition) is 0. The maximum atomic E-state index is 2.37. The fraction of sp³-hybridized carbons (Fsp3) is 0.385. The lowest BCUT2D eigenvalue weighted by atomic mass is 10.1. The molecule has 0 spiro atoms. The molecule has 1 heterocycles. The second-order valence-corrected chi connectivity index (χ2v) is 4.51. The minimum Gasteiger partial charge on any atom is -0.347 e. The molecule has 1 atom stereocenters. The van der Waals surface area contributed by atoms with Gasteiger partial charge >= 0.3 is 0 Å². The second-order valence-electron chi connectivity index (χ2n) is 4.51. The normalized spacial score (nSPS) is 20.3. The molecule has 0 fully saturated rings. The van der Waals surface area contributed by atoms with Crippen LogP contribution in [0.1, 0.15) is 18.2 Å². The molecule has 1 aromatic carbocycles. The first-order chi connectivity index (χ1) is 6.77. The van der Waals surface area contributed by atoms with E-state index >= 15 is 0 Å². The summed E-state index contributed by atoms with van der Waals surface area (Å²) in [5.74, 6) is 0.829. The first kappa shape index (κ1) is 8.10. The van der Waals surface area contributed by atoms with Crippen LogP contribution in [0.25, 0.3) is 10.9 Å². The molecular weight excluding hydrogens is 170 g/mol. The Morgan fingerprint density at radius 2 is 2.00 bits per heavy atom. The van der Waals surface area contributed by atoms with E-state index in [1.807, 2.05) is 0 Å². The smallest absolute Gasteiger partial charge is 0.0482 e. The number of rotatable bonds is 0. The summed E-state index contributed by atoms with van der Waals surface area (Å²) in [6.45, 7) is 2.34. The van der Waals surface area contributed by atoms with Gasteiger partial charge in [-0.3, -0.25) is 0 Å². The summed E-state index contributed by atoms with van der Waals surface area (Å²) in [4.78, 5) is 0. The molecule has 0 bridgehead atoms. The van der Waals surface area contributed by atoms with E-state index < -0.39 is 0 Å². The number of hydrogen-bond acceptors (Lipinski definition) is 0. The highest BCUT2D eigenvalue weighted by atomic mass is 15.0. The van der Waals surface area contributed by atoms with E-state index in [1.165, 1.54) is 23.7 Å². The van der Waals surface area contributed by atoms with Crippen molar-refractivity contribution in [1.29, 1.82) is 0 Å². The highest BCUT2D eigenvalue weighted by molar-refractivity contribution is 5.86. The molecule has 0 N–H and O–H groups in total. The Morgan fingerprint density at radius 1 is 1.21 bits per heavy atom. The molecule has 1 aromatic heterocycles. The predicted molar refractivity (Wildman–Crippen MR) is 59.5 cm³/mol. The van der Waals surface area contributed by atoms with Crippen LogP contribution in [-0.4, -0.2) is 4.57 Å². The Morgan fingerprint density at radius 3 is 2.86 bits per heavy atom. The maximum absolute atomic E-state index is 2.37. The van der Waals surface area contributed by atoms with Gasteiger partial charge in [-0.15, -0.1) is 0 Å². The number of aromatic nitrogens is 1. The van der Waals surface area contributed by atoms with Gasteiger partial charge in [-0.2, -0.15) is 0 Å². The molecule has 3 rings (SSSR count). The van der Waals surface area contributed by atoms with E-state index in [2.05, 4.69) is 42.8 Å². The van der Waals surface area contributed by atoms with Crippen LogP contribution in [0.5, 0.6) is 0 Å². The molecule has 0 amide bonds. The first-order valence-corrected chi connectivity index (χ1v) is 5.32. The molecule has 0 aliphatic heterocycles. The highest BCUT2D eigenvalue weighted by Gasteiger charge is 2.23. The van der Waals surface area contributed by atoms with Crippen molar-refractivity contribution < 1.29 is 0 Å². The Balaban J connectivity index is 2.38. The molecule has 1 nitrogen and oxygen atoms in total. The molecule has 72 valence electrons. The van der Waals surface area contributed by atoms with Gasteiger partial charge in [0.25, 0.3) is 0 Å². The van der Waals surface area contributed by atoms with Crippen molar-refractivity contribution in [2.24, 2.45) is 13.0 Å². The summed E-state index contributed by atoms with van der Waals surface area (Å²) < 4.78 is 2.37. The Labute approximate surface area is 84.4 Å². The van der Waals surface area contributed by atoms with Gasteiger partial charge in [0.2, 0.25) is 0 Å². The van der Waals surface area contributed by atoms with Crippen molar-refractivity contribution >= 4 is 10.9 Å². The van der Waals surface area contributed by atoms with E-state index in [9.17, 15) is 0 Å². The van der Waals surface area contributed by atoms with Gasteiger partial charge in [0.15, 0.2) is 0 Å². The minimum atomic E-state index is 0.829. The maximum Gasteiger partial charge on any atom is 0.0482 e. The summed E-state index contributed by atoms with van der Waals surface area (Å²) >= 11 is 0. The van der Waals surface area contributed by atoms with Crippen LogP contribution in [0.3, 0.4) is 0 Å². The molecule has 1 unspecified atom stereocenters. The van der Waals surface area contributed by atoms with E-state index in [4.69, 9.17) is 0 Å². The standard InChI is InChI=1S/C13H15N/c1-9-7-11-10-5-3-4-6-12(10)14(2)13(11)8-9/h3-6,9H,7-8H2,1-2H3. The second kappa shape index (κ2) is 2.63. The molecule has 2 aromatic rings. The number of benzene rings is 1. The van der Waals surface area contributed by atoms with E-state index in [0.717, 1.165) is 5.92 Å². The Hall–Kier alpha value is -1.24. The summed E-state index contributed by atoms with van der Waals surface area (Å²) in [5, 5.41) is 1.47. The summed E-state index contributed by atoms with van der Waals surface area (Å²) in [6.07, 6.45) is 2.51. The van der Waals surface area contributed by atoms with Crippen molar-refractivity contribution in [3.63, 3.8) is 0 Å². The topological polar surface area (TPSA) is 4.93 Å². The average molecular weight is 185 g/mol. The fourth-order valence-electron chi connectivity index (χ4n) is 2.76. The largest absolute Gasteiger partial charge is 0.347 e. The monoisotopic (exact) mass is 185 g/mol. The zero-order valence-electron chi connectivity index (χ0n) is 8.75. The molecule has 1 heteroatoms. The van der Waals surface area contributed by atoms with Crippen molar-refractivity contribution in [2.45, 2.75) is 19.8 Å². The summed E-state index contributed by atoms with van der Waals surface area (Å²) in [5.41, 5.74) is 4.54. The molecule has 0 radical (unpaired) electrons. The molecule has 1 aliphatic carbocycles. The fourth-order valence-corrected chi connectivity index (χ4v) is 2.76. The molecule has 1 aliphatic rings. The lowest BCUT2D eigenvalue weighted by Gasteiger charge is -2.03. The van der Waals surface area contributed by atoms with Gasteiger partial charge in [-0.1, -0.05) is 25.1 Å². The third-order valence-corrected chi connectivity index (χ3v) is 3.44. The van der Waals surface area contributed by atoms with Crippen molar-refractivity contribution in [3.8, 4) is 0 Å². The Kier molecular flexibility index (Phi) is 1.52. The van der Waals surface area contributed by atoms with Gasteiger partial charge in [0, 0.05) is 23.6 Å². The number of aryl methyl sites for hydroxylation is 1. The zero-order chi connectivity index (χ0) is 9.71. The van der Waals surface area contributed by atoms with Crippen LogP contribution in [0.15, 0.2) is 24.3 Å². The van der Waals surface area contributed by atoms with Crippen LogP contribution in [0.4, 0.5) is 0 Å². The third kappa shape index (κ3) is 0.899. The average Bonchev–Trinajstić information content (AvgIpc) is 2.68. The lowest BCUT2D eigenvalue weighted by Crippen LogP contribution is -1.97. The quantitative estimate of drug-likeness (QED) is 0.594. The lowest BCUT2D eigenvalue weighted by molar-refractivity contribution is 0.614. The SMILES string of the molecule is CC1Cc2c(n(C)c3ccccc23)C1. The Bertz CT molecular complexity index is 493. The zero-order valence-corrected chi connectivity index (χ0v) is 8.75. The predicted octanol–water partition coefficient (Wildman–Crippen LogP) is 2.91. The number of nitrogens with zero attached hydrogens (tertiary/aromatic N) is 1. The molecule has 14 heavy (non-hydrogen) atoms. The van der Waals surface area contributed by atoms with Gasteiger partial charge in [0.05, 0.1) is 0 Å². The van der Waals surface area contributed by atoms with Crippen LogP contribution in [0, 0.1) is 5.92 Å². The third-order valence-electron chi connectivity index (χ3n) is 3.44. The van der Waals surface area contributed by atoms with Crippen molar-refractivity contribution in [3.05, 3.63) is 35.5 Å². The molecular formula is C13H15N. The van der Waals surface area contributed by atoms with Gasteiger partial charge in [-0.25, -0.2) is 0 Å². The van der Waals surface area contributed by atoms with Crippen LogP contribution >= 0.6 is 0 Å². The number of para-hydroxylation sites is 1. The highest BCUT2D eigenvalue weighted by Crippen LogP contribution is 2.34. The summed E-state index contributed by atoms with van der Waals surface area (Å²) in [6, 6.07) is 8.75.